The van der Waals surface area contributed by atoms with Crippen LogP contribution in [0.5, 0.6) is 0 Å². The molecule has 3 rings (SSSR count). The Morgan fingerprint density at radius 2 is 2.15 bits per heavy atom. The third-order valence-electron chi connectivity index (χ3n) is 3.92. The Morgan fingerprint density at radius 3 is 2.85 bits per heavy atom. The molecule has 132 valence electrons. The number of aromatic carboxylic acids is 1. The minimum Gasteiger partial charge on any atom is -0.478 e. The Morgan fingerprint density at radius 1 is 1.38 bits per heavy atom. The number of furan rings is 1. The van der Waals surface area contributed by atoms with Gasteiger partial charge in [0, 0.05) is 18.2 Å². The number of benzene rings is 1. The molecule has 1 saturated heterocycles. The van der Waals surface area contributed by atoms with E-state index in [1.54, 1.807) is 49.4 Å². The molecular weight excluding hydrogens is 370 g/mol. The van der Waals surface area contributed by atoms with Gasteiger partial charge in [0.1, 0.15) is 15.8 Å². The van der Waals surface area contributed by atoms with E-state index < -0.39 is 5.97 Å². The number of rotatable bonds is 5. The first-order valence-corrected chi connectivity index (χ1v) is 8.94. The lowest BCUT2D eigenvalue weighted by Gasteiger charge is -2.10. The van der Waals surface area contributed by atoms with Crippen LogP contribution in [0.1, 0.15) is 21.7 Å². The molecule has 1 N–H and O–H groups in total. The first-order valence-electron chi connectivity index (χ1n) is 7.71. The Hall–Kier alpha value is -2.64. The van der Waals surface area contributed by atoms with Crippen molar-refractivity contribution in [3.05, 3.63) is 64.8 Å². The fourth-order valence-corrected chi connectivity index (χ4v) is 3.88. The standard InChI is InChI=1S/C19H15NO4S2/c1-3-9-20-17(21)16(26-19(20)25)10-12-7-8-15(24-12)13-5-4-6-14(11(13)2)18(22)23/h3-8,10H,1,9H2,2H3,(H,22,23)/b16-10+. The highest BCUT2D eigenvalue weighted by molar-refractivity contribution is 8.26. The Labute approximate surface area is 160 Å². The second kappa shape index (κ2) is 7.31. The van der Waals surface area contributed by atoms with Crippen molar-refractivity contribution in [1.29, 1.82) is 0 Å². The molecule has 7 heteroatoms. The summed E-state index contributed by atoms with van der Waals surface area (Å²) in [6.07, 6.45) is 3.26. The number of carboxylic acids is 1. The van der Waals surface area contributed by atoms with Gasteiger partial charge in [-0.3, -0.25) is 9.69 Å². The van der Waals surface area contributed by atoms with Crippen LogP contribution < -0.4 is 0 Å². The highest BCUT2D eigenvalue weighted by Gasteiger charge is 2.31. The highest BCUT2D eigenvalue weighted by Crippen LogP contribution is 2.34. The van der Waals surface area contributed by atoms with Crippen LogP contribution in [-0.2, 0) is 4.79 Å². The van der Waals surface area contributed by atoms with E-state index in [0.29, 0.717) is 38.4 Å². The van der Waals surface area contributed by atoms with Gasteiger partial charge in [-0.15, -0.1) is 6.58 Å². The van der Waals surface area contributed by atoms with E-state index >= 15 is 0 Å². The summed E-state index contributed by atoms with van der Waals surface area (Å²) in [5.41, 5.74) is 1.55. The lowest BCUT2D eigenvalue weighted by Crippen LogP contribution is -2.27. The van der Waals surface area contributed by atoms with Crippen molar-refractivity contribution in [2.75, 3.05) is 6.54 Å². The number of amides is 1. The van der Waals surface area contributed by atoms with E-state index in [4.69, 9.17) is 16.6 Å². The number of thioether (sulfide) groups is 1. The molecule has 0 unspecified atom stereocenters. The number of thiocarbonyl (C=S) groups is 1. The SMILES string of the molecule is C=CCN1C(=O)/C(=C\c2ccc(-c3cccc(C(=O)O)c3C)o2)SC1=S. The molecule has 2 aromatic rings. The summed E-state index contributed by atoms with van der Waals surface area (Å²) in [7, 11) is 0. The van der Waals surface area contributed by atoms with Gasteiger partial charge in [0.05, 0.1) is 10.5 Å². The number of hydrogen-bond donors (Lipinski definition) is 1. The molecule has 1 aromatic heterocycles. The number of nitrogens with zero attached hydrogens (tertiary/aromatic N) is 1. The molecule has 0 bridgehead atoms. The van der Waals surface area contributed by atoms with Crippen molar-refractivity contribution in [3.8, 4) is 11.3 Å². The Kier molecular flexibility index (Phi) is 5.11. The number of carbonyl (C=O) groups is 2. The average Bonchev–Trinajstić information content (AvgIpc) is 3.15. The number of carbonyl (C=O) groups excluding carboxylic acids is 1. The maximum atomic E-state index is 12.4. The van der Waals surface area contributed by atoms with Crippen LogP contribution >= 0.6 is 24.0 Å². The van der Waals surface area contributed by atoms with Gasteiger partial charge in [0.2, 0.25) is 0 Å². The average molecular weight is 385 g/mol. The van der Waals surface area contributed by atoms with Gasteiger partial charge in [-0.1, -0.05) is 42.2 Å². The molecule has 0 radical (unpaired) electrons. The Bertz CT molecular complexity index is 958. The lowest BCUT2D eigenvalue weighted by molar-refractivity contribution is -0.121. The normalized spacial score (nSPS) is 15.7. The minimum atomic E-state index is -0.984. The van der Waals surface area contributed by atoms with E-state index in [9.17, 15) is 14.7 Å². The van der Waals surface area contributed by atoms with E-state index in [2.05, 4.69) is 6.58 Å². The molecule has 0 atom stereocenters. The van der Waals surface area contributed by atoms with Gasteiger partial charge in [0.15, 0.2) is 0 Å². The zero-order chi connectivity index (χ0) is 18.8. The molecule has 1 fully saturated rings. The third kappa shape index (κ3) is 3.36. The van der Waals surface area contributed by atoms with E-state index in [0.717, 1.165) is 0 Å². The summed E-state index contributed by atoms with van der Waals surface area (Å²) in [5.74, 6) is -0.124. The van der Waals surface area contributed by atoms with Crippen LogP contribution in [0.15, 0.2) is 52.3 Å². The topological polar surface area (TPSA) is 70.8 Å². The predicted octanol–water partition coefficient (Wildman–Crippen LogP) is 4.34. The predicted molar refractivity (Wildman–Crippen MR) is 106 cm³/mol. The van der Waals surface area contributed by atoms with Gasteiger partial charge < -0.3 is 9.52 Å². The van der Waals surface area contributed by atoms with Crippen molar-refractivity contribution in [2.24, 2.45) is 0 Å². The minimum absolute atomic E-state index is 0.179. The molecule has 2 heterocycles. The molecular formula is C19H15NO4S2. The van der Waals surface area contributed by atoms with Gasteiger partial charge in [-0.2, -0.15) is 0 Å². The Balaban J connectivity index is 1.91. The number of hydrogen-bond acceptors (Lipinski definition) is 5. The first kappa shape index (κ1) is 18.2. The monoisotopic (exact) mass is 385 g/mol. The summed E-state index contributed by atoms with van der Waals surface area (Å²) < 4.78 is 6.29. The van der Waals surface area contributed by atoms with Gasteiger partial charge in [-0.05, 0) is 30.7 Å². The first-order chi connectivity index (χ1) is 12.4. The molecule has 1 aliphatic heterocycles. The molecule has 1 amide bonds. The van der Waals surface area contributed by atoms with Crippen molar-refractivity contribution < 1.29 is 19.1 Å². The van der Waals surface area contributed by atoms with E-state index in [1.807, 2.05) is 0 Å². The molecule has 1 aliphatic rings. The maximum Gasteiger partial charge on any atom is 0.335 e. The maximum absolute atomic E-state index is 12.4. The van der Waals surface area contributed by atoms with Gasteiger partial charge in [0.25, 0.3) is 5.91 Å². The van der Waals surface area contributed by atoms with Crippen molar-refractivity contribution in [1.82, 2.24) is 4.90 Å². The second-order valence-corrected chi connectivity index (χ2v) is 7.24. The lowest BCUT2D eigenvalue weighted by atomic mass is 10.0. The molecule has 0 spiro atoms. The largest absolute Gasteiger partial charge is 0.478 e. The fourth-order valence-electron chi connectivity index (χ4n) is 2.63. The third-order valence-corrected chi connectivity index (χ3v) is 5.29. The summed E-state index contributed by atoms with van der Waals surface area (Å²) in [6.45, 7) is 5.73. The summed E-state index contributed by atoms with van der Waals surface area (Å²) in [6, 6.07) is 8.52. The quantitative estimate of drug-likeness (QED) is 0.469. The van der Waals surface area contributed by atoms with Crippen molar-refractivity contribution >= 4 is 46.3 Å². The van der Waals surface area contributed by atoms with E-state index in [-0.39, 0.29) is 11.5 Å². The molecule has 5 nitrogen and oxygen atoms in total. The smallest absolute Gasteiger partial charge is 0.335 e. The summed E-state index contributed by atoms with van der Waals surface area (Å²) in [5, 5.41) is 9.25. The van der Waals surface area contributed by atoms with Crippen LogP contribution in [0.25, 0.3) is 17.4 Å². The van der Waals surface area contributed by atoms with Crippen LogP contribution in [0.2, 0.25) is 0 Å². The molecule has 0 saturated carbocycles. The van der Waals surface area contributed by atoms with Gasteiger partial charge >= 0.3 is 5.97 Å². The molecule has 0 aliphatic carbocycles. The second-order valence-electron chi connectivity index (χ2n) is 5.57. The van der Waals surface area contributed by atoms with Gasteiger partial charge in [-0.25, -0.2) is 4.79 Å². The van der Waals surface area contributed by atoms with Crippen molar-refractivity contribution in [3.63, 3.8) is 0 Å². The highest BCUT2D eigenvalue weighted by atomic mass is 32.2. The van der Waals surface area contributed by atoms with Crippen LogP contribution in [0, 0.1) is 6.92 Å². The molecule has 1 aromatic carbocycles. The number of carboxylic acid groups (broad SMARTS) is 1. The van der Waals surface area contributed by atoms with Crippen LogP contribution in [-0.4, -0.2) is 32.7 Å². The zero-order valence-electron chi connectivity index (χ0n) is 13.9. The summed E-state index contributed by atoms with van der Waals surface area (Å²) in [4.78, 5) is 25.6. The zero-order valence-corrected chi connectivity index (χ0v) is 15.5. The molecule has 26 heavy (non-hydrogen) atoms. The summed E-state index contributed by atoms with van der Waals surface area (Å²) >= 11 is 6.42. The van der Waals surface area contributed by atoms with Crippen molar-refractivity contribution in [2.45, 2.75) is 6.92 Å². The van der Waals surface area contributed by atoms with Crippen LogP contribution in [0.4, 0.5) is 0 Å². The van der Waals surface area contributed by atoms with E-state index in [1.165, 1.54) is 16.7 Å². The fraction of sp³-hybridized carbons (Fsp3) is 0.105. The van der Waals surface area contributed by atoms with Crippen LogP contribution in [0.3, 0.4) is 0 Å².